The number of allylic oxidation sites excluding steroid dienone is 6. The molecular weight excluding hydrogens is 381 g/mol. The summed E-state index contributed by atoms with van der Waals surface area (Å²) >= 11 is 0. The predicted octanol–water partition coefficient (Wildman–Crippen LogP) is 8.60. The summed E-state index contributed by atoms with van der Waals surface area (Å²) in [6, 6.07) is 10.8. The Hall–Kier alpha value is -2.14. The van der Waals surface area contributed by atoms with Crippen LogP contribution in [0.1, 0.15) is 88.2 Å². The van der Waals surface area contributed by atoms with E-state index in [0.29, 0.717) is 0 Å². The number of halogens is 1. The lowest BCUT2D eigenvalue weighted by molar-refractivity contribution is 0.295. The van der Waals surface area contributed by atoms with E-state index >= 15 is 0 Å². The molecule has 0 aliphatic heterocycles. The molecule has 2 saturated carbocycles. The molecule has 0 N–H and O–H groups in total. The summed E-state index contributed by atoms with van der Waals surface area (Å²) < 4.78 is 12.7. The quantitative estimate of drug-likeness (QED) is 0.235. The number of nitriles is 1. The lowest BCUT2D eigenvalue weighted by atomic mass is 9.77. The third-order valence-corrected chi connectivity index (χ3v) is 7.41. The second-order valence-electron chi connectivity index (χ2n) is 9.50. The van der Waals surface area contributed by atoms with Crippen LogP contribution in [0, 0.1) is 29.1 Å². The molecule has 2 aliphatic carbocycles. The van der Waals surface area contributed by atoms with E-state index in [1.54, 1.807) is 11.6 Å². The minimum Gasteiger partial charge on any atom is -0.195 e. The standard InChI is InChI=1S/C29H38FN/c1-2-23-14-18-27(19-15-23)28-20-16-26(17-21-28)13-12-25-10-8-24(9-11-25)6-4-3-5-7-29(30)22-31/h3,5,7,12-15,18-19,24-26,28H,2,4,6,8-11,16-17,20-21H2,1H3/t24-,25-,26-,28-. The maximum atomic E-state index is 12.7. The van der Waals surface area contributed by atoms with E-state index in [9.17, 15) is 4.39 Å². The average molecular weight is 420 g/mol. The molecule has 2 heteroatoms. The molecule has 0 amide bonds. The van der Waals surface area contributed by atoms with E-state index in [4.69, 9.17) is 5.26 Å². The Balaban J connectivity index is 1.33. The number of aryl methyl sites for hydroxylation is 1. The Bertz CT molecular complexity index is 779. The van der Waals surface area contributed by atoms with Crippen LogP contribution < -0.4 is 0 Å². The highest BCUT2D eigenvalue weighted by atomic mass is 19.1. The molecule has 2 aliphatic rings. The Labute approximate surface area is 188 Å². The van der Waals surface area contributed by atoms with Gasteiger partial charge in [0, 0.05) is 0 Å². The summed E-state index contributed by atoms with van der Waals surface area (Å²) in [7, 11) is 0. The van der Waals surface area contributed by atoms with E-state index < -0.39 is 5.83 Å². The van der Waals surface area contributed by atoms with Gasteiger partial charge >= 0.3 is 0 Å². The molecule has 0 spiro atoms. The summed E-state index contributed by atoms with van der Waals surface area (Å²) in [6.07, 6.45) is 23.8. The average Bonchev–Trinajstić information content (AvgIpc) is 2.83. The van der Waals surface area contributed by atoms with Crippen molar-refractivity contribution in [1.29, 1.82) is 5.26 Å². The number of nitrogens with zero attached hydrogens (tertiary/aromatic N) is 1. The molecule has 31 heavy (non-hydrogen) atoms. The van der Waals surface area contributed by atoms with Gasteiger partial charge in [0.25, 0.3) is 0 Å². The van der Waals surface area contributed by atoms with Crippen LogP contribution in [0.25, 0.3) is 0 Å². The van der Waals surface area contributed by atoms with Crippen molar-refractivity contribution in [2.24, 2.45) is 17.8 Å². The van der Waals surface area contributed by atoms with E-state index in [0.717, 1.165) is 36.5 Å². The first-order valence-corrected chi connectivity index (χ1v) is 12.4. The smallest absolute Gasteiger partial charge is 0.195 e. The molecule has 0 unspecified atom stereocenters. The largest absolute Gasteiger partial charge is 0.199 e. The summed E-state index contributed by atoms with van der Waals surface area (Å²) in [5.41, 5.74) is 2.98. The fourth-order valence-corrected chi connectivity index (χ4v) is 5.27. The van der Waals surface area contributed by atoms with Gasteiger partial charge in [-0.1, -0.05) is 55.5 Å². The van der Waals surface area contributed by atoms with Gasteiger partial charge in [0.15, 0.2) is 5.83 Å². The first-order chi connectivity index (χ1) is 15.2. The molecule has 3 rings (SSSR count). The minimum absolute atomic E-state index is 0.720. The monoisotopic (exact) mass is 419 g/mol. The highest BCUT2D eigenvalue weighted by Gasteiger charge is 2.22. The third-order valence-electron chi connectivity index (χ3n) is 7.41. The Kier molecular flexibility index (Phi) is 9.60. The summed E-state index contributed by atoms with van der Waals surface area (Å²) in [6.45, 7) is 2.22. The van der Waals surface area contributed by atoms with E-state index in [2.05, 4.69) is 43.3 Å². The van der Waals surface area contributed by atoms with Crippen molar-refractivity contribution in [3.05, 3.63) is 71.6 Å². The Morgan fingerprint density at radius 3 is 2.16 bits per heavy atom. The van der Waals surface area contributed by atoms with Crippen molar-refractivity contribution < 1.29 is 4.39 Å². The normalized spacial score (nSPS) is 27.6. The van der Waals surface area contributed by atoms with Crippen LogP contribution in [0.4, 0.5) is 4.39 Å². The van der Waals surface area contributed by atoms with Crippen LogP contribution in [0.5, 0.6) is 0 Å². The van der Waals surface area contributed by atoms with Crippen LogP contribution in [-0.2, 0) is 6.42 Å². The second-order valence-corrected chi connectivity index (χ2v) is 9.50. The zero-order chi connectivity index (χ0) is 21.9. The van der Waals surface area contributed by atoms with Crippen molar-refractivity contribution in [1.82, 2.24) is 0 Å². The van der Waals surface area contributed by atoms with Crippen LogP contribution in [0.3, 0.4) is 0 Å². The fourth-order valence-electron chi connectivity index (χ4n) is 5.27. The van der Waals surface area contributed by atoms with Crippen molar-refractivity contribution in [2.45, 2.75) is 83.5 Å². The van der Waals surface area contributed by atoms with Gasteiger partial charge in [-0.25, -0.2) is 0 Å². The SMILES string of the molecule is CCc1ccc([C@H]2CC[C@H](C=C[C@H]3CC[C@H](CCC=CC=C(F)C#N)CC3)CC2)cc1. The zero-order valence-electron chi connectivity index (χ0n) is 19.1. The molecule has 0 saturated heterocycles. The van der Waals surface area contributed by atoms with Gasteiger partial charge in [0.1, 0.15) is 6.07 Å². The van der Waals surface area contributed by atoms with Gasteiger partial charge in [-0.15, -0.1) is 0 Å². The fraction of sp³-hybridized carbons (Fsp3) is 0.552. The third kappa shape index (κ3) is 7.80. The van der Waals surface area contributed by atoms with Crippen LogP contribution in [-0.4, -0.2) is 0 Å². The predicted molar refractivity (Wildman–Crippen MR) is 128 cm³/mol. The summed E-state index contributed by atoms with van der Waals surface area (Å²) in [4.78, 5) is 0. The molecule has 2 fully saturated rings. The van der Waals surface area contributed by atoms with Crippen molar-refractivity contribution in [3.63, 3.8) is 0 Å². The van der Waals surface area contributed by atoms with Gasteiger partial charge in [-0.2, -0.15) is 9.65 Å². The first kappa shape index (κ1) is 23.5. The molecule has 166 valence electrons. The van der Waals surface area contributed by atoms with Crippen molar-refractivity contribution >= 4 is 0 Å². The Morgan fingerprint density at radius 2 is 1.58 bits per heavy atom. The molecule has 0 aromatic heterocycles. The maximum absolute atomic E-state index is 12.7. The molecule has 1 nitrogen and oxygen atoms in total. The highest BCUT2D eigenvalue weighted by molar-refractivity contribution is 5.26. The van der Waals surface area contributed by atoms with Crippen LogP contribution in [0.2, 0.25) is 0 Å². The number of hydrogen-bond acceptors (Lipinski definition) is 1. The molecule has 0 heterocycles. The van der Waals surface area contributed by atoms with Gasteiger partial charge in [-0.3, -0.25) is 0 Å². The van der Waals surface area contributed by atoms with Crippen molar-refractivity contribution in [2.75, 3.05) is 0 Å². The molecular formula is C29H38FN. The number of benzene rings is 1. The molecule has 0 bridgehead atoms. The van der Waals surface area contributed by atoms with Gasteiger partial charge in [0.05, 0.1) is 0 Å². The van der Waals surface area contributed by atoms with E-state index in [-0.39, 0.29) is 0 Å². The number of rotatable bonds is 8. The topological polar surface area (TPSA) is 23.8 Å². The van der Waals surface area contributed by atoms with Gasteiger partial charge in [-0.05, 0) is 112 Å². The molecule has 0 radical (unpaired) electrons. The summed E-state index contributed by atoms with van der Waals surface area (Å²) in [5.74, 6) is 2.37. The lowest BCUT2D eigenvalue weighted by Gasteiger charge is -2.29. The second kappa shape index (κ2) is 12.7. The van der Waals surface area contributed by atoms with Crippen LogP contribution in [0.15, 0.2) is 60.5 Å². The maximum Gasteiger partial charge on any atom is 0.199 e. The molecule has 1 aromatic carbocycles. The molecule has 0 atom stereocenters. The van der Waals surface area contributed by atoms with Crippen LogP contribution >= 0.6 is 0 Å². The number of hydrogen-bond donors (Lipinski definition) is 0. The van der Waals surface area contributed by atoms with E-state index in [1.165, 1.54) is 75.5 Å². The van der Waals surface area contributed by atoms with Gasteiger partial charge < -0.3 is 0 Å². The van der Waals surface area contributed by atoms with E-state index in [1.807, 2.05) is 6.08 Å². The Morgan fingerprint density at radius 1 is 0.968 bits per heavy atom. The lowest BCUT2D eigenvalue weighted by Crippen LogP contribution is -2.14. The minimum atomic E-state index is -0.720. The zero-order valence-corrected chi connectivity index (χ0v) is 19.1. The first-order valence-electron chi connectivity index (χ1n) is 12.4. The highest BCUT2D eigenvalue weighted by Crippen LogP contribution is 2.37. The molecule has 1 aromatic rings. The summed E-state index contributed by atoms with van der Waals surface area (Å²) in [5, 5.41) is 8.39. The van der Waals surface area contributed by atoms with Crippen molar-refractivity contribution in [3.8, 4) is 6.07 Å². The van der Waals surface area contributed by atoms with Gasteiger partial charge in [0.2, 0.25) is 0 Å².